The fourth-order valence-electron chi connectivity index (χ4n) is 2.43. The second-order valence-electron chi connectivity index (χ2n) is 5.14. The van der Waals surface area contributed by atoms with Crippen molar-refractivity contribution in [2.24, 2.45) is 0 Å². The topological polar surface area (TPSA) is 50.4 Å². The highest BCUT2D eigenvalue weighted by Gasteiger charge is 2.21. The van der Waals surface area contributed by atoms with E-state index in [9.17, 15) is 4.79 Å². The van der Waals surface area contributed by atoms with Gasteiger partial charge in [-0.3, -0.25) is 4.79 Å². The van der Waals surface area contributed by atoms with Crippen molar-refractivity contribution in [3.8, 4) is 0 Å². The van der Waals surface area contributed by atoms with Crippen molar-refractivity contribution in [2.45, 2.75) is 45.3 Å². The zero-order valence-corrected chi connectivity index (χ0v) is 12.7. The lowest BCUT2D eigenvalue weighted by atomic mass is 10.0. The Morgan fingerprint density at radius 3 is 2.95 bits per heavy atom. The van der Waals surface area contributed by atoms with Crippen molar-refractivity contribution in [1.82, 2.24) is 0 Å². The molecule has 1 aliphatic heterocycles. The van der Waals surface area contributed by atoms with Gasteiger partial charge >= 0.3 is 0 Å². The molecular formula is C15H21ClN2O2. The average Bonchev–Trinajstić information content (AvgIpc) is 2.42. The maximum absolute atomic E-state index is 11.0. The van der Waals surface area contributed by atoms with Crippen LogP contribution in [0.25, 0.3) is 0 Å². The van der Waals surface area contributed by atoms with E-state index in [2.05, 4.69) is 17.6 Å². The third kappa shape index (κ3) is 4.12. The van der Waals surface area contributed by atoms with Crippen molar-refractivity contribution >= 4 is 28.9 Å². The molecule has 2 rings (SSSR count). The highest BCUT2D eigenvalue weighted by atomic mass is 35.5. The van der Waals surface area contributed by atoms with E-state index in [-0.39, 0.29) is 5.91 Å². The van der Waals surface area contributed by atoms with Gasteiger partial charge in [-0.05, 0) is 37.5 Å². The van der Waals surface area contributed by atoms with E-state index in [1.165, 1.54) is 6.92 Å². The SMILES string of the molecule is CCC1CC(Nc2ccc(NC(C)=O)c(Cl)c2)CCO1. The first kappa shape index (κ1) is 15.1. The molecule has 0 radical (unpaired) electrons. The average molecular weight is 297 g/mol. The molecule has 20 heavy (non-hydrogen) atoms. The molecule has 1 saturated heterocycles. The van der Waals surface area contributed by atoms with Crippen LogP contribution in [0.4, 0.5) is 11.4 Å². The van der Waals surface area contributed by atoms with Crippen molar-refractivity contribution in [3.63, 3.8) is 0 Å². The molecule has 1 fully saturated rings. The van der Waals surface area contributed by atoms with Crippen LogP contribution in [0, 0.1) is 0 Å². The van der Waals surface area contributed by atoms with Crippen molar-refractivity contribution in [2.75, 3.05) is 17.2 Å². The molecule has 2 unspecified atom stereocenters. The van der Waals surface area contributed by atoms with Crippen LogP contribution in [0.2, 0.25) is 5.02 Å². The molecule has 110 valence electrons. The highest BCUT2D eigenvalue weighted by molar-refractivity contribution is 6.34. The molecule has 0 saturated carbocycles. The van der Waals surface area contributed by atoms with Gasteiger partial charge in [-0.1, -0.05) is 18.5 Å². The van der Waals surface area contributed by atoms with E-state index >= 15 is 0 Å². The first-order valence-electron chi connectivity index (χ1n) is 7.03. The zero-order chi connectivity index (χ0) is 14.5. The van der Waals surface area contributed by atoms with Gasteiger partial charge in [0.15, 0.2) is 0 Å². The Balaban J connectivity index is 1.99. The molecule has 5 heteroatoms. The number of anilines is 2. The summed E-state index contributed by atoms with van der Waals surface area (Å²) in [5.41, 5.74) is 1.62. The Morgan fingerprint density at radius 2 is 2.30 bits per heavy atom. The molecular weight excluding hydrogens is 276 g/mol. The number of nitrogens with one attached hydrogen (secondary N) is 2. The van der Waals surface area contributed by atoms with Gasteiger partial charge in [-0.2, -0.15) is 0 Å². The van der Waals surface area contributed by atoms with Gasteiger partial charge in [0.05, 0.1) is 16.8 Å². The lowest BCUT2D eigenvalue weighted by Gasteiger charge is -2.30. The zero-order valence-electron chi connectivity index (χ0n) is 11.9. The fourth-order valence-corrected chi connectivity index (χ4v) is 2.66. The standard InChI is InChI=1S/C15H21ClN2O2/c1-3-13-8-12(6-7-20-13)18-11-4-5-15(14(16)9-11)17-10(2)19/h4-5,9,12-13,18H,3,6-8H2,1-2H3,(H,17,19). The number of hydrogen-bond donors (Lipinski definition) is 2. The van der Waals surface area contributed by atoms with E-state index in [1.54, 1.807) is 0 Å². The van der Waals surface area contributed by atoms with Crippen LogP contribution in [-0.2, 0) is 9.53 Å². The summed E-state index contributed by atoms with van der Waals surface area (Å²) >= 11 is 6.17. The van der Waals surface area contributed by atoms with Crippen LogP contribution in [0.15, 0.2) is 18.2 Å². The van der Waals surface area contributed by atoms with Gasteiger partial charge in [0.1, 0.15) is 0 Å². The van der Waals surface area contributed by atoms with E-state index in [0.29, 0.717) is 22.9 Å². The molecule has 1 aromatic rings. The van der Waals surface area contributed by atoms with Crippen molar-refractivity contribution < 1.29 is 9.53 Å². The summed E-state index contributed by atoms with van der Waals surface area (Å²) < 4.78 is 5.67. The molecule has 1 aliphatic rings. The minimum Gasteiger partial charge on any atom is -0.382 e. The molecule has 1 aromatic carbocycles. The summed E-state index contributed by atoms with van der Waals surface area (Å²) in [6.07, 6.45) is 3.40. The Hall–Kier alpha value is -1.26. The molecule has 1 amide bonds. The van der Waals surface area contributed by atoms with Crippen LogP contribution in [0.5, 0.6) is 0 Å². The van der Waals surface area contributed by atoms with Crippen LogP contribution in [-0.4, -0.2) is 24.7 Å². The summed E-state index contributed by atoms with van der Waals surface area (Å²) in [6.45, 7) is 4.41. The smallest absolute Gasteiger partial charge is 0.221 e. The quantitative estimate of drug-likeness (QED) is 0.891. The Kier molecular flexibility index (Phi) is 5.26. The molecule has 0 aliphatic carbocycles. The molecule has 0 spiro atoms. The van der Waals surface area contributed by atoms with E-state index in [4.69, 9.17) is 16.3 Å². The Labute approximate surface area is 124 Å². The van der Waals surface area contributed by atoms with E-state index < -0.39 is 0 Å². The van der Waals surface area contributed by atoms with Crippen LogP contribution in [0.1, 0.15) is 33.1 Å². The normalized spacial score (nSPS) is 22.4. The fraction of sp³-hybridized carbons (Fsp3) is 0.533. The van der Waals surface area contributed by atoms with Gasteiger partial charge < -0.3 is 15.4 Å². The third-order valence-corrected chi connectivity index (χ3v) is 3.79. The largest absolute Gasteiger partial charge is 0.382 e. The maximum Gasteiger partial charge on any atom is 0.221 e. The minimum atomic E-state index is -0.122. The monoisotopic (exact) mass is 296 g/mol. The molecule has 0 bridgehead atoms. The first-order valence-corrected chi connectivity index (χ1v) is 7.41. The van der Waals surface area contributed by atoms with Crippen molar-refractivity contribution in [3.05, 3.63) is 23.2 Å². The van der Waals surface area contributed by atoms with Gasteiger partial charge in [-0.25, -0.2) is 0 Å². The minimum absolute atomic E-state index is 0.122. The van der Waals surface area contributed by atoms with Crippen LogP contribution in [0.3, 0.4) is 0 Å². The summed E-state index contributed by atoms with van der Waals surface area (Å²) in [4.78, 5) is 11.0. The summed E-state index contributed by atoms with van der Waals surface area (Å²) in [5, 5.41) is 6.74. The number of amides is 1. The molecule has 2 atom stereocenters. The summed E-state index contributed by atoms with van der Waals surface area (Å²) in [7, 11) is 0. The number of ether oxygens (including phenoxy) is 1. The lowest BCUT2D eigenvalue weighted by molar-refractivity contribution is -0.114. The maximum atomic E-state index is 11.0. The molecule has 4 nitrogen and oxygen atoms in total. The van der Waals surface area contributed by atoms with Gasteiger partial charge in [0.2, 0.25) is 5.91 Å². The molecule has 1 heterocycles. The predicted molar refractivity (Wildman–Crippen MR) is 82.4 cm³/mol. The predicted octanol–water partition coefficient (Wildman–Crippen LogP) is 3.67. The van der Waals surface area contributed by atoms with Gasteiger partial charge in [0, 0.05) is 25.3 Å². The highest BCUT2D eigenvalue weighted by Crippen LogP contribution is 2.27. The lowest BCUT2D eigenvalue weighted by Crippen LogP contribution is -2.33. The Bertz CT molecular complexity index is 479. The number of benzene rings is 1. The second-order valence-corrected chi connectivity index (χ2v) is 5.55. The number of rotatable bonds is 4. The van der Waals surface area contributed by atoms with Crippen LogP contribution < -0.4 is 10.6 Å². The third-order valence-electron chi connectivity index (χ3n) is 3.47. The number of halogens is 1. The summed E-state index contributed by atoms with van der Waals surface area (Å²) in [5.74, 6) is -0.122. The van der Waals surface area contributed by atoms with Crippen molar-refractivity contribution in [1.29, 1.82) is 0 Å². The number of hydrogen-bond acceptors (Lipinski definition) is 3. The number of carbonyl (C=O) groups excluding carboxylic acids is 1. The Morgan fingerprint density at radius 1 is 1.50 bits per heavy atom. The second kappa shape index (κ2) is 6.95. The molecule has 2 N–H and O–H groups in total. The number of carbonyl (C=O) groups is 1. The van der Waals surface area contributed by atoms with E-state index in [1.807, 2.05) is 18.2 Å². The van der Waals surface area contributed by atoms with Gasteiger partial charge in [0.25, 0.3) is 0 Å². The first-order chi connectivity index (χ1) is 9.58. The van der Waals surface area contributed by atoms with Crippen LogP contribution >= 0.6 is 11.6 Å². The van der Waals surface area contributed by atoms with Gasteiger partial charge in [-0.15, -0.1) is 0 Å². The molecule has 0 aromatic heterocycles. The summed E-state index contributed by atoms with van der Waals surface area (Å²) in [6, 6.07) is 6.02. The van der Waals surface area contributed by atoms with E-state index in [0.717, 1.165) is 31.6 Å².